The Kier molecular flexibility index (Phi) is 8.07. The molecule has 1 saturated heterocycles. The average molecular weight is 428 g/mol. The zero-order valence-corrected chi connectivity index (χ0v) is 18.2. The van der Waals surface area contributed by atoms with E-state index in [1.807, 2.05) is 26.0 Å². The number of nitrogens with one attached hydrogen (secondary N) is 2. The van der Waals surface area contributed by atoms with Gasteiger partial charge in [0.05, 0.1) is 4.90 Å². The van der Waals surface area contributed by atoms with Gasteiger partial charge in [-0.25, -0.2) is 8.42 Å². The van der Waals surface area contributed by atoms with E-state index in [2.05, 4.69) is 16.7 Å². The van der Waals surface area contributed by atoms with Gasteiger partial charge in [-0.1, -0.05) is 29.3 Å². The van der Waals surface area contributed by atoms with Crippen molar-refractivity contribution in [3.05, 3.63) is 41.0 Å². The van der Waals surface area contributed by atoms with E-state index in [4.69, 9.17) is 0 Å². The minimum atomic E-state index is -3.50. The van der Waals surface area contributed by atoms with Crippen LogP contribution in [0, 0.1) is 19.8 Å². The zero-order valence-electron chi connectivity index (χ0n) is 16.5. The van der Waals surface area contributed by atoms with Gasteiger partial charge in [0.2, 0.25) is 15.9 Å². The second-order valence-electron chi connectivity index (χ2n) is 7.48. The molecule has 0 radical (unpaired) electrons. The van der Waals surface area contributed by atoms with Crippen LogP contribution in [0.3, 0.4) is 0 Å². The van der Waals surface area contributed by atoms with Crippen molar-refractivity contribution in [3.63, 3.8) is 0 Å². The summed E-state index contributed by atoms with van der Waals surface area (Å²) in [5.74, 6) is -0.0733. The second-order valence-corrected chi connectivity index (χ2v) is 9.39. The molecule has 1 amide bonds. The predicted molar refractivity (Wildman–Crippen MR) is 113 cm³/mol. The monoisotopic (exact) mass is 427 g/mol. The summed E-state index contributed by atoms with van der Waals surface area (Å²) in [6.07, 6.45) is 4.23. The Morgan fingerprint density at radius 1 is 1.25 bits per heavy atom. The zero-order chi connectivity index (χ0) is 19.4. The smallest absolute Gasteiger partial charge is 0.243 e. The first-order chi connectivity index (χ1) is 12.9. The lowest BCUT2D eigenvalue weighted by Gasteiger charge is -2.31. The first kappa shape index (κ1) is 22.9. The fourth-order valence-electron chi connectivity index (χ4n) is 3.76. The largest absolute Gasteiger partial charge is 0.352 e. The number of halogens is 1. The molecular weight excluding hydrogens is 398 g/mol. The molecule has 2 aliphatic rings. The molecule has 0 saturated carbocycles. The van der Waals surface area contributed by atoms with Gasteiger partial charge in [0.1, 0.15) is 0 Å². The van der Waals surface area contributed by atoms with E-state index in [1.54, 1.807) is 6.07 Å². The highest BCUT2D eigenvalue weighted by Crippen LogP contribution is 2.26. The highest BCUT2D eigenvalue weighted by atomic mass is 35.5. The Morgan fingerprint density at radius 3 is 2.57 bits per heavy atom. The maximum atomic E-state index is 12.9. The van der Waals surface area contributed by atoms with Gasteiger partial charge in [-0.05, 0) is 51.3 Å². The summed E-state index contributed by atoms with van der Waals surface area (Å²) in [6, 6.07) is 5.41. The van der Waals surface area contributed by atoms with Gasteiger partial charge in [0, 0.05) is 32.1 Å². The highest BCUT2D eigenvalue weighted by Gasteiger charge is 2.32. The number of aryl methyl sites for hydroxylation is 2. The molecule has 8 heteroatoms. The van der Waals surface area contributed by atoms with Crippen molar-refractivity contribution in [1.29, 1.82) is 0 Å². The number of hydrogen-bond donors (Lipinski definition) is 2. The molecule has 1 aromatic carbocycles. The molecule has 1 aromatic rings. The normalized spacial score (nSPS) is 18.9. The molecule has 2 N–H and O–H groups in total. The standard InChI is InChI=1S/C20H29N3O3S.ClH/c1-15-3-4-19(16(2)13-15)27(25,26)23-11-7-18(8-12-23)20(24)22-14-17-5-9-21-10-6-17;/h3-5,13,18,21H,6-12,14H2,1-2H3,(H,22,24);1H. The van der Waals surface area contributed by atoms with Gasteiger partial charge in [0.15, 0.2) is 0 Å². The summed E-state index contributed by atoms with van der Waals surface area (Å²) in [4.78, 5) is 12.8. The molecule has 156 valence electrons. The van der Waals surface area contributed by atoms with Crippen LogP contribution in [0.1, 0.15) is 30.4 Å². The third-order valence-electron chi connectivity index (χ3n) is 5.42. The molecule has 0 unspecified atom stereocenters. The summed E-state index contributed by atoms with van der Waals surface area (Å²) < 4.78 is 27.4. The van der Waals surface area contributed by atoms with Crippen LogP contribution >= 0.6 is 12.4 Å². The lowest BCUT2D eigenvalue weighted by Crippen LogP contribution is -2.43. The molecule has 2 heterocycles. The topological polar surface area (TPSA) is 78.5 Å². The SMILES string of the molecule is Cc1ccc(S(=O)(=O)N2CCC(C(=O)NCC3=CCNCC3)CC2)c(C)c1.Cl. The van der Waals surface area contributed by atoms with Crippen molar-refractivity contribution >= 4 is 28.3 Å². The summed E-state index contributed by atoms with van der Waals surface area (Å²) in [5.41, 5.74) is 3.08. The van der Waals surface area contributed by atoms with Crippen molar-refractivity contribution in [3.8, 4) is 0 Å². The highest BCUT2D eigenvalue weighted by molar-refractivity contribution is 7.89. The number of nitrogens with zero attached hydrogens (tertiary/aromatic N) is 1. The lowest BCUT2D eigenvalue weighted by atomic mass is 9.97. The molecule has 3 rings (SSSR count). The van der Waals surface area contributed by atoms with Crippen LogP contribution in [0.4, 0.5) is 0 Å². The fraction of sp³-hybridized carbons (Fsp3) is 0.550. The molecule has 0 aliphatic carbocycles. The number of sulfonamides is 1. The van der Waals surface area contributed by atoms with Crippen molar-refractivity contribution in [2.75, 3.05) is 32.7 Å². The number of rotatable bonds is 5. The average Bonchev–Trinajstić information content (AvgIpc) is 2.66. The van der Waals surface area contributed by atoms with E-state index in [-0.39, 0.29) is 24.2 Å². The van der Waals surface area contributed by atoms with E-state index < -0.39 is 10.0 Å². The Bertz CT molecular complexity index is 831. The van der Waals surface area contributed by atoms with E-state index >= 15 is 0 Å². The number of carbonyl (C=O) groups is 1. The fourth-order valence-corrected chi connectivity index (χ4v) is 5.44. The molecule has 28 heavy (non-hydrogen) atoms. The molecule has 0 bridgehead atoms. The Hall–Kier alpha value is -1.41. The summed E-state index contributed by atoms with van der Waals surface area (Å²) >= 11 is 0. The number of piperidine rings is 1. The number of amides is 1. The molecule has 6 nitrogen and oxygen atoms in total. The van der Waals surface area contributed by atoms with Gasteiger partial charge >= 0.3 is 0 Å². The Balaban J connectivity index is 0.00000280. The first-order valence-corrected chi connectivity index (χ1v) is 11.1. The van der Waals surface area contributed by atoms with Gasteiger partial charge in [-0.2, -0.15) is 4.31 Å². The Labute approximate surface area is 174 Å². The summed E-state index contributed by atoms with van der Waals surface area (Å²) in [6.45, 7) is 6.97. The van der Waals surface area contributed by atoms with Crippen LogP contribution in [0.25, 0.3) is 0 Å². The first-order valence-electron chi connectivity index (χ1n) is 9.61. The third-order valence-corrected chi connectivity index (χ3v) is 7.48. The van der Waals surface area contributed by atoms with Crippen LogP contribution in [-0.2, 0) is 14.8 Å². The quantitative estimate of drug-likeness (QED) is 0.706. The maximum Gasteiger partial charge on any atom is 0.243 e. The number of hydrogen-bond acceptors (Lipinski definition) is 4. The molecule has 0 atom stereocenters. The second kappa shape index (κ2) is 9.87. The van der Waals surface area contributed by atoms with E-state index in [0.29, 0.717) is 37.4 Å². The Morgan fingerprint density at radius 2 is 1.96 bits per heavy atom. The van der Waals surface area contributed by atoms with Crippen LogP contribution in [0.5, 0.6) is 0 Å². The van der Waals surface area contributed by atoms with Gasteiger partial charge in [0.25, 0.3) is 0 Å². The maximum absolute atomic E-state index is 12.9. The van der Waals surface area contributed by atoms with E-state index in [1.165, 1.54) is 9.88 Å². The minimum Gasteiger partial charge on any atom is -0.352 e. The molecule has 2 aliphatic heterocycles. The van der Waals surface area contributed by atoms with E-state index in [9.17, 15) is 13.2 Å². The van der Waals surface area contributed by atoms with Crippen LogP contribution in [0.2, 0.25) is 0 Å². The van der Waals surface area contributed by atoms with Crippen LogP contribution in [0.15, 0.2) is 34.7 Å². The third kappa shape index (κ3) is 5.35. The van der Waals surface area contributed by atoms with Crippen LogP contribution < -0.4 is 10.6 Å². The van der Waals surface area contributed by atoms with Crippen molar-refractivity contribution in [1.82, 2.24) is 14.9 Å². The van der Waals surface area contributed by atoms with Crippen molar-refractivity contribution in [2.45, 2.75) is 38.0 Å². The number of benzene rings is 1. The van der Waals surface area contributed by atoms with Crippen LogP contribution in [-0.4, -0.2) is 51.4 Å². The van der Waals surface area contributed by atoms with Crippen molar-refractivity contribution < 1.29 is 13.2 Å². The van der Waals surface area contributed by atoms with Crippen molar-refractivity contribution in [2.24, 2.45) is 5.92 Å². The van der Waals surface area contributed by atoms with Gasteiger partial charge in [-0.3, -0.25) is 4.79 Å². The van der Waals surface area contributed by atoms with E-state index in [0.717, 1.165) is 30.6 Å². The lowest BCUT2D eigenvalue weighted by molar-refractivity contribution is -0.125. The van der Waals surface area contributed by atoms with Gasteiger partial charge in [-0.15, -0.1) is 12.4 Å². The molecule has 1 fully saturated rings. The molecular formula is C20H30ClN3O3S. The summed E-state index contributed by atoms with van der Waals surface area (Å²) in [5, 5.41) is 6.27. The molecule has 0 aromatic heterocycles. The predicted octanol–water partition coefficient (Wildman–Crippen LogP) is 2.16. The molecule has 0 spiro atoms. The van der Waals surface area contributed by atoms with Gasteiger partial charge < -0.3 is 10.6 Å². The summed E-state index contributed by atoms with van der Waals surface area (Å²) in [7, 11) is -3.50. The minimum absolute atomic E-state index is 0. The number of carbonyl (C=O) groups excluding carboxylic acids is 1.